The molecule has 0 radical (unpaired) electrons. The fraction of sp³-hybridized carbons (Fsp3) is 0.500. The van der Waals surface area contributed by atoms with Crippen molar-refractivity contribution in [3.8, 4) is 0 Å². The van der Waals surface area contributed by atoms with E-state index in [1.54, 1.807) is 0 Å². The summed E-state index contributed by atoms with van der Waals surface area (Å²) in [5, 5.41) is 4.21. The summed E-state index contributed by atoms with van der Waals surface area (Å²) in [7, 11) is 0. The van der Waals surface area contributed by atoms with Gasteiger partial charge in [0, 0.05) is 5.54 Å². The summed E-state index contributed by atoms with van der Waals surface area (Å²) in [4.78, 5) is 0. The Hall–Kier alpha value is -0.890. The van der Waals surface area contributed by atoms with Gasteiger partial charge in [-0.2, -0.15) is 0 Å². The summed E-state index contributed by atoms with van der Waals surface area (Å²) in [6, 6.07) is 5.63. The highest BCUT2D eigenvalue weighted by atomic mass is 35.5. The molecule has 1 aliphatic rings. The third-order valence-electron chi connectivity index (χ3n) is 3.18. The van der Waals surface area contributed by atoms with Crippen LogP contribution in [0.25, 0.3) is 0 Å². The van der Waals surface area contributed by atoms with Crippen LogP contribution in [0, 0.1) is 0 Å². The van der Waals surface area contributed by atoms with Crippen molar-refractivity contribution in [2.24, 2.45) is 0 Å². The molecule has 82 valence electrons. The Morgan fingerprint density at radius 2 is 2.00 bits per heavy atom. The number of nitrogens with one attached hydrogen (secondary N) is 1. The molecule has 2 nitrogen and oxygen atoms in total. The van der Waals surface area contributed by atoms with Gasteiger partial charge in [-0.1, -0.05) is 30.5 Å². The summed E-state index contributed by atoms with van der Waals surface area (Å²) in [5.74, 6) is 0. The second-order valence-electron chi connectivity index (χ2n) is 4.60. The van der Waals surface area contributed by atoms with Crippen LogP contribution in [0.5, 0.6) is 0 Å². The molecular weight excluding hydrogens is 208 g/mol. The monoisotopic (exact) mass is 224 g/mol. The third kappa shape index (κ3) is 2.20. The second kappa shape index (κ2) is 3.93. The topological polar surface area (TPSA) is 38.0 Å². The lowest BCUT2D eigenvalue weighted by molar-refractivity contribution is 0.534. The lowest BCUT2D eigenvalue weighted by Gasteiger charge is -2.28. The highest BCUT2D eigenvalue weighted by Crippen LogP contribution is 2.37. The van der Waals surface area contributed by atoms with E-state index in [-0.39, 0.29) is 5.54 Å². The molecule has 1 fully saturated rings. The van der Waals surface area contributed by atoms with E-state index >= 15 is 0 Å². The van der Waals surface area contributed by atoms with Gasteiger partial charge in [-0.3, -0.25) is 0 Å². The first-order chi connectivity index (χ1) is 7.11. The number of nitrogen functional groups attached to an aromatic ring is 1. The highest BCUT2D eigenvalue weighted by Gasteiger charge is 2.29. The zero-order valence-corrected chi connectivity index (χ0v) is 9.77. The van der Waals surface area contributed by atoms with Crippen LogP contribution in [-0.4, -0.2) is 5.54 Å². The molecule has 0 aromatic heterocycles. The van der Waals surface area contributed by atoms with Crippen LogP contribution in [0.4, 0.5) is 11.4 Å². The predicted octanol–water partition coefficient (Wildman–Crippen LogP) is 3.67. The van der Waals surface area contributed by atoms with Crippen molar-refractivity contribution in [3.63, 3.8) is 0 Å². The van der Waals surface area contributed by atoms with Crippen LogP contribution >= 0.6 is 11.6 Å². The summed E-state index contributed by atoms with van der Waals surface area (Å²) < 4.78 is 0. The van der Waals surface area contributed by atoms with Gasteiger partial charge in [0.05, 0.1) is 16.4 Å². The molecule has 0 aliphatic heterocycles. The van der Waals surface area contributed by atoms with E-state index in [0.29, 0.717) is 5.02 Å². The van der Waals surface area contributed by atoms with Gasteiger partial charge < -0.3 is 11.1 Å². The van der Waals surface area contributed by atoms with E-state index in [2.05, 4.69) is 12.2 Å². The largest absolute Gasteiger partial charge is 0.397 e. The minimum atomic E-state index is 0.166. The van der Waals surface area contributed by atoms with Crippen molar-refractivity contribution < 1.29 is 0 Å². The molecule has 3 N–H and O–H groups in total. The van der Waals surface area contributed by atoms with E-state index in [1.165, 1.54) is 25.7 Å². The minimum Gasteiger partial charge on any atom is -0.397 e. The summed E-state index contributed by atoms with van der Waals surface area (Å²) in [5.41, 5.74) is 7.70. The zero-order chi connectivity index (χ0) is 10.9. The van der Waals surface area contributed by atoms with E-state index in [0.717, 1.165) is 11.4 Å². The van der Waals surface area contributed by atoms with Crippen molar-refractivity contribution in [1.29, 1.82) is 0 Å². The first-order valence-corrected chi connectivity index (χ1v) is 5.81. The molecule has 1 saturated carbocycles. The van der Waals surface area contributed by atoms with Crippen LogP contribution in [0.1, 0.15) is 32.6 Å². The molecule has 0 amide bonds. The molecule has 2 rings (SSSR count). The number of benzene rings is 1. The van der Waals surface area contributed by atoms with Crippen LogP contribution in [-0.2, 0) is 0 Å². The Balaban J connectivity index is 2.23. The second-order valence-corrected chi connectivity index (χ2v) is 5.00. The maximum atomic E-state index is 6.13. The number of para-hydroxylation sites is 1. The van der Waals surface area contributed by atoms with Gasteiger partial charge >= 0.3 is 0 Å². The Morgan fingerprint density at radius 3 is 2.60 bits per heavy atom. The van der Waals surface area contributed by atoms with Crippen molar-refractivity contribution in [2.45, 2.75) is 38.1 Å². The van der Waals surface area contributed by atoms with Gasteiger partial charge in [0.15, 0.2) is 0 Å². The van der Waals surface area contributed by atoms with E-state index < -0.39 is 0 Å². The standard InChI is InChI=1S/C12H17ClN2/c1-12(7-2-3-8-12)15-11-9(13)5-4-6-10(11)14/h4-6,15H,2-3,7-8,14H2,1H3. The molecule has 0 bridgehead atoms. The molecule has 0 saturated heterocycles. The number of hydrogen-bond donors (Lipinski definition) is 2. The average Bonchev–Trinajstić information content (AvgIpc) is 2.60. The molecule has 3 heteroatoms. The maximum Gasteiger partial charge on any atom is 0.0767 e. The summed E-state index contributed by atoms with van der Waals surface area (Å²) in [6.45, 7) is 2.24. The summed E-state index contributed by atoms with van der Waals surface area (Å²) >= 11 is 6.13. The molecule has 1 aromatic carbocycles. The maximum absolute atomic E-state index is 6.13. The van der Waals surface area contributed by atoms with Gasteiger partial charge in [-0.15, -0.1) is 0 Å². The summed E-state index contributed by atoms with van der Waals surface area (Å²) in [6.07, 6.45) is 4.96. The van der Waals surface area contributed by atoms with Crippen LogP contribution < -0.4 is 11.1 Å². The quantitative estimate of drug-likeness (QED) is 0.753. The minimum absolute atomic E-state index is 0.166. The Labute approximate surface area is 95.8 Å². The molecule has 0 heterocycles. The van der Waals surface area contributed by atoms with Crippen molar-refractivity contribution in [3.05, 3.63) is 23.2 Å². The van der Waals surface area contributed by atoms with Crippen molar-refractivity contribution in [1.82, 2.24) is 0 Å². The molecule has 0 spiro atoms. The molecule has 1 aliphatic carbocycles. The van der Waals surface area contributed by atoms with Gasteiger partial charge in [0.2, 0.25) is 0 Å². The lowest BCUT2D eigenvalue weighted by Crippen LogP contribution is -2.31. The predicted molar refractivity (Wildman–Crippen MR) is 66.4 cm³/mol. The van der Waals surface area contributed by atoms with Crippen LogP contribution in [0.3, 0.4) is 0 Å². The fourth-order valence-corrected chi connectivity index (χ4v) is 2.48. The first kappa shape index (κ1) is 10.6. The van der Waals surface area contributed by atoms with E-state index in [9.17, 15) is 0 Å². The molecule has 0 atom stereocenters. The number of hydrogen-bond acceptors (Lipinski definition) is 2. The van der Waals surface area contributed by atoms with E-state index in [1.807, 2.05) is 18.2 Å². The van der Waals surface area contributed by atoms with Gasteiger partial charge in [-0.25, -0.2) is 0 Å². The third-order valence-corrected chi connectivity index (χ3v) is 3.49. The average molecular weight is 225 g/mol. The number of halogens is 1. The smallest absolute Gasteiger partial charge is 0.0767 e. The number of rotatable bonds is 2. The number of anilines is 2. The normalized spacial score (nSPS) is 19.1. The van der Waals surface area contributed by atoms with Crippen LogP contribution in [0.15, 0.2) is 18.2 Å². The first-order valence-electron chi connectivity index (χ1n) is 5.43. The van der Waals surface area contributed by atoms with Gasteiger partial charge in [0.25, 0.3) is 0 Å². The molecular formula is C12H17ClN2. The Morgan fingerprint density at radius 1 is 1.33 bits per heavy atom. The van der Waals surface area contributed by atoms with Gasteiger partial charge in [-0.05, 0) is 31.9 Å². The SMILES string of the molecule is CC1(Nc2c(N)cccc2Cl)CCCC1. The lowest BCUT2D eigenvalue weighted by atomic mass is 10.00. The van der Waals surface area contributed by atoms with Crippen molar-refractivity contribution in [2.75, 3.05) is 11.1 Å². The van der Waals surface area contributed by atoms with Crippen molar-refractivity contribution >= 4 is 23.0 Å². The molecule has 15 heavy (non-hydrogen) atoms. The van der Waals surface area contributed by atoms with Crippen LogP contribution in [0.2, 0.25) is 5.02 Å². The van der Waals surface area contributed by atoms with Gasteiger partial charge in [0.1, 0.15) is 0 Å². The highest BCUT2D eigenvalue weighted by molar-refractivity contribution is 6.33. The Kier molecular flexibility index (Phi) is 2.79. The zero-order valence-electron chi connectivity index (χ0n) is 9.02. The molecule has 0 unspecified atom stereocenters. The Bertz CT molecular complexity index is 336. The van der Waals surface area contributed by atoms with E-state index in [4.69, 9.17) is 17.3 Å². The fourth-order valence-electron chi connectivity index (χ4n) is 2.25. The molecule has 1 aromatic rings. The number of nitrogens with two attached hydrogens (primary N) is 1.